The van der Waals surface area contributed by atoms with Crippen LogP contribution in [0.25, 0.3) is 55.3 Å². The van der Waals surface area contributed by atoms with Crippen LogP contribution in [0.4, 0.5) is 34.1 Å². The van der Waals surface area contributed by atoms with Crippen molar-refractivity contribution < 1.29 is 4.74 Å². The van der Waals surface area contributed by atoms with E-state index >= 15 is 0 Å². The predicted molar refractivity (Wildman–Crippen MR) is 267 cm³/mol. The zero-order valence-electron chi connectivity index (χ0n) is 35.7. The lowest BCUT2D eigenvalue weighted by Gasteiger charge is -2.32. The van der Waals surface area contributed by atoms with Gasteiger partial charge in [-0.1, -0.05) is 172 Å². The molecule has 0 amide bonds. The number of hydrogen-bond donors (Lipinski definition) is 0. The first-order valence-electron chi connectivity index (χ1n) is 22.1. The van der Waals surface area contributed by atoms with E-state index < -0.39 is 0 Å². The molecule has 3 heteroatoms. The molecule has 0 saturated heterocycles. The maximum atomic E-state index is 7.12. The third-order valence-electron chi connectivity index (χ3n) is 13.2. The molecule has 3 nitrogen and oxygen atoms in total. The Hall–Kier alpha value is -8.14. The number of hydrogen-bond acceptors (Lipinski definition) is 3. The van der Waals surface area contributed by atoms with Gasteiger partial charge in [0.05, 0.1) is 5.69 Å². The molecule has 1 aliphatic heterocycles. The van der Waals surface area contributed by atoms with E-state index in [0.717, 1.165) is 67.5 Å². The lowest BCUT2D eigenvalue weighted by molar-refractivity contribution is 0.488. The summed E-state index contributed by atoms with van der Waals surface area (Å²) < 4.78 is 7.12. The van der Waals surface area contributed by atoms with Crippen molar-refractivity contribution in [2.75, 3.05) is 9.80 Å². The minimum atomic E-state index is -0.141. The van der Waals surface area contributed by atoms with Gasteiger partial charge in [-0.2, -0.15) is 0 Å². The van der Waals surface area contributed by atoms with Crippen LogP contribution in [-0.4, -0.2) is 0 Å². The largest absolute Gasteiger partial charge is 0.454 e. The van der Waals surface area contributed by atoms with Gasteiger partial charge in [0, 0.05) is 44.8 Å². The summed E-state index contributed by atoms with van der Waals surface area (Å²) in [6, 6.07) is 83.1. The Morgan fingerprint density at radius 1 is 0.344 bits per heavy atom. The summed E-state index contributed by atoms with van der Waals surface area (Å²) in [6.07, 6.45) is 0. The number of ether oxygens (including phenoxy) is 1. The van der Waals surface area contributed by atoms with Crippen molar-refractivity contribution in [3.05, 3.63) is 242 Å². The van der Waals surface area contributed by atoms with E-state index in [4.69, 9.17) is 4.74 Å². The Kier molecular flexibility index (Phi) is 8.84. The van der Waals surface area contributed by atoms with Crippen molar-refractivity contribution in [3.8, 4) is 56.0 Å². The van der Waals surface area contributed by atoms with E-state index in [-0.39, 0.29) is 5.41 Å². The number of rotatable bonds is 8. The van der Waals surface area contributed by atoms with E-state index in [2.05, 4.69) is 254 Å². The van der Waals surface area contributed by atoms with E-state index in [9.17, 15) is 0 Å². The Morgan fingerprint density at radius 3 is 1.55 bits per heavy atom. The first-order chi connectivity index (χ1) is 31.5. The van der Waals surface area contributed by atoms with Gasteiger partial charge >= 0.3 is 0 Å². The second kappa shape index (κ2) is 15.0. The minimum absolute atomic E-state index is 0.141. The number of benzene rings is 10. The number of nitrogens with zero attached hydrogens (tertiary/aromatic N) is 2. The fourth-order valence-corrected chi connectivity index (χ4v) is 10.1. The topological polar surface area (TPSA) is 15.7 Å². The molecule has 1 heterocycles. The molecule has 0 aromatic heterocycles. The average Bonchev–Trinajstić information content (AvgIpc) is 3.59. The lowest BCUT2D eigenvalue weighted by Crippen LogP contribution is -2.16. The molecule has 0 radical (unpaired) electrons. The number of fused-ring (bicyclic) bond motifs is 5. The molecule has 0 saturated carbocycles. The molecule has 2 aliphatic rings. The van der Waals surface area contributed by atoms with Crippen molar-refractivity contribution in [1.29, 1.82) is 0 Å². The summed E-state index contributed by atoms with van der Waals surface area (Å²) in [4.78, 5) is 4.70. The summed E-state index contributed by atoms with van der Waals surface area (Å²) in [5.41, 5.74) is 18.6. The second-order valence-corrected chi connectivity index (χ2v) is 17.3. The Bertz CT molecular complexity index is 3320. The highest BCUT2D eigenvalue weighted by atomic mass is 16.5. The molecule has 1 aliphatic carbocycles. The van der Waals surface area contributed by atoms with Crippen LogP contribution < -0.4 is 14.5 Å². The van der Waals surface area contributed by atoms with Gasteiger partial charge in [-0.05, 0) is 128 Å². The molecule has 0 unspecified atom stereocenters. The smallest absolute Gasteiger partial charge is 0.159 e. The second-order valence-electron chi connectivity index (χ2n) is 17.3. The fraction of sp³-hybridized carbons (Fsp3) is 0.0492. The number of para-hydroxylation sites is 2. The van der Waals surface area contributed by atoms with Gasteiger partial charge in [-0.3, -0.25) is 0 Å². The Morgan fingerprint density at radius 2 is 0.859 bits per heavy atom. The minimum Gasteiger partial charge on any atom is -0.454 e. The standard InChI is InChI=1S/C61H44N2O/c1-61(2)55-24-13-12-22-51(55)52-36-34-50(40-56(52)61)62(48-32-29-44(30-33-48)43-27-25-42(26-28-43)41-15-6-3-7-16-41)49-35-38-58-54(39-49)53-23-14-17-45-31-37-57(60(64-58)59(45)53)63(46-18-8-4-9-19-46)47-20-10-5-11-21-47/h3-40H,1-2H3. The van der Waals surface area contributed by atoms with Crippen molar-refractivity contribution in [3.63, 3.8) is 0 Å². The maximum absolute atomic E-state index is 7.12. The molecule has 0 fully saturated rings. The monoisotopic (exact) mass is 820 g/mol. The van der Waals surface area contributed by atoms with Crippen LogP contribution >= 0.6 is 0 Å². The van der Waals surface area contributed by atoms with E-state index in [0.29, 0.717) is 0 Å². The van der Waals surface area contributed by atoms with E-state index in [1.165, 1.54) is 44.5 Å². The highest BCUT2D eigenvalue weighted by molar-refractivity contribution is 6.08. The van der Waals surface area contributed by atoms with Gasteiger partial charge in [-0.25, -0.2) is 0 Å². The molecule has 0 N–H and O–H groups in total. The molecule has 0 spiro atoms. The molecule has 304 valence electrons. The van der Waals surface area contributed by atoms with E-state index in [1.54, 1.807) is 0 Å². The fourth-order valence-electron chi connectivity index (χ4n) is 10.1. The summed E-state index contributed by atoms with van der Waals surface area (Å²) in [5, 5.41) is 2.24. The molecule has 12 rings (SSSR count). The van der Waals surface area contributed by atoms with Crippen LogP contribution in [0, 0.1) is 0 Å². The zero-order valence-corrected chi connectivity index (χ0v) is 35.7. The highest BCUT2D eigenvalue weighted by Crippen LogP contribution is 2.55. The van der Waals surface area contributed by atoms with Gasteiger partial charge < -0.3 is 14.5 Å². The number of anilines is 6. The van der Waals surface area contributed by atoms with Crippen molar-refractivity contribution in [2.24, 2.45) is 0 Å². The summed E-state index contributed by atoms with van der Waals surface area (Å²) in [5.74, 6) is 1.68. The van der Waals surface area contributed by atoms with Crippen LogP contribution in [0.3, 0.4) is 0 Å². The third-order valence-corrected chi connectivity index (χ3v) is 13.2. The van der Waals surface area contributed by atoms with Crippen LogP contribution in [-0.2, 0) is 5.41 Å². The predicted octanol–water partition coefficient (Wildman–Crippen LogP) is 17.2. The quantitative estimate of drug-likeness (QED) is 0.152. The summed E-state index contributed by atoms with van der Waals surface area (Å²) >= 11 is 0. The Balaban J connectivity index is 0.989. The van der Waals surface area contributed by atoms with Gasteiger partial charge in [0.25, 0.3) is 0 Å². The molecule has 0 bridgehead atoms. The maximum Gasteiger partial charge on any atom is 0.159 e. The van der Waals surface area contributed by atoms with Crippen LogP contribution in [0.15, 0.2) is 231 Å². The first-order valence-corrected chi connectivity index (χ1v) is 22.1. The molecular weight excluding hydrogens is 777 g/mol. The van der Waals surface area contributed by atoms with Crippen molar-refractivity contribution in [1.82, 2.24) is 0 Å². The molecule has 10 aromatic rings. The van der Waals surface area contributed by atoms with Gasteiger partial charge in [0.2, 0.25) is 0 Å². The summed E-state index contributed by atoms with van der Waals surface area (Å²) in [6.45, 7) is 4.70. The molecular formula is C61H44N2O. The normalized spacial score (nSPS) is 12.8. The Labute approximate surface area is 374 Å². The van der Waals surface area contributed by atoms with Gasteiger partial charge in [-0.15, -0.1) is 0 Å². The highest BCUT2D eigenvalue weighted by Gasteiger charge is 2.36. The van der Waals surface area contributed by atoms with Crippen molar-refractivity contribution >= 4 is 44.9 Å². The SMILES string of the molecule is CC1(C)c2ccccc2-c2ccc(N(c3ccc(-c4ccc(-c5ccccc5)cc4)cc3)c3ccc4c(c3)-c3cccc5ccc(N(c6ccccc6)c6ccccc6)c(c35)O4)cc21. The molecule has 64 heavy (non-hydrogen) atoms. The molecule has 10 aromatic carbocycles. The van der Waals surface area contributed by atoms with Gasteiger partial charge in [0.15, 0.2) is 5.75 Å². The summed E-state index contributed by atoms with van der Waals surface area (Å²) in [7, 11) is 0. The lowest BCUT2D eigenvalue weighted by atomic mass is 9.82. The first kappa shape index (κ1) is 37.6. The van der Waals surface area contributed by atoms with E-state index in [1.807, 2.05) is 0 Å². The molecule has 0 atom stereocenters. The third kappa shape index (κ3) is 6.20. The van der Waals surface area contributed by atoms with Crippen molar-refractivity contribution in [2.45, 2.75) is 19.3 Å². The zero-order chi connectivity index (χ0) is 42.8. The van der Waals surface area contributed by atoms with Crippen LogP contribution in [0.1, 0.15) is 25.0 Å². The van der Waals surface area contributed by atoms with Crippen LogP contribution in [0.5, 0.6) is 11.5 Å². The van der Waals surface area contributed by atoms with Gasteiger partial charge in [0.1, 0.15) is 5.75 Å². The average molecular weight is 821 g/mol. The van der Waals surface area contributed by atoms with Crippen LogP contribution in [0.2, 0.25) is 0 Å².